The minimum Gasteiger partial charge on any atom is -0.495 e. The molecule has 12 rings (SSSR count). The summed E-state index contributed by atoms with van der Waals surface area (Å²) in [5, 5.41) is 9.03. The van der Waals surface area contributed by atoms with Crippen molar-refractivity contribution >= 4 is 79.0 Å². The SMILES string of the molecule is COc1ccc(/C=C/C(=O)c2ccccc2-c2ccc(F)cc2)cc1S(C)(=O)=O.COc1ccc(/C=C/C(=O)c2ccccc2-c2cccc(F)c2)cc1S(=O)(=O)O.Nc1cccc(/C=C/C(=O)c2ccccc2-c2cccc(F)c2)c1.O=C(O)c1cccc(/C=C/C(=O)c2ccccc2-c2cccc(F)c2)c1. The number of carboxylic acids is 1. The first-order valence-electron chi connectivity index (χ1n) is 32.8. The van der Waals surface area contributed by atoms with Crippen LogP contribution in [-0.2, 0) is 20.0 Å². The van der Waals surface area contributed by atoms with Crippen LogP contribution in [0.1, 0.15) is 74.0 Å². The van der Waals surface area contributed by atoms with Crippen molar-refractivity contribution in [3.63, 3.8) is 0 Å². The molecule has 0 aliphatic rings. The Morgan fingerprint density at radius 2 is 0.685 bits per heavy atom. The van der Waals surface area contributed by atoms with Crippen LogP contribution in [0.3, 0.4) is 0 Å². The van der Waals surface area contributed by atoms with Crippen molar-refractivity contribution in [1.82, 2.24) is 0 Å². The second-order valence-corrected chi connectivity index (χ2v) is 27.1. The van der Waals surface area contributed by atoms with Gasteiger partial charge in [-0.05, 0) is 188 Å². The number of hydrogen-bond donors (Lipinski definition) is 3. The number of ether oxygens (including phenoxy) is 2. The number of carbonyl (C=O) groups excluding carboxylic acids is 4. The lowest BCUT2D eigenvalue weighted by molar-refractivity contribution is 0.0695. The summed E-state index contributed by atoms with van der Waals surface area (Å²) in [6.07, 6.45) is 12.9. The molecule has 20 heteroatoms. The number of sulfone groups is 1. The Balaban J connectivity index is 0.000000167. The molecular weight excluding hydrogens is 1420 g/mol. The zero-order valence-corrected chi connectivity index (χ0v) is 59.6. The molecule has 12 aromatic carbocycles. The molecule has 0 radical (unpaired) electrons. The largest absolute Gasteiger partial charge is 0.495 e. The summed E-state index contributed by atoms with van der Waals surface area (Å²) in [5.41, 5.74) is 16.0. The predicted molar refractivity (Wildman–Crippen MR) is 414 cm³/mol. The highest BCUT2D eigenvalue weighted by atomic mass is 32.2. The fraction of sp³-hybridized carbons (Fsp3) is 0.0341. The van der Waals surface area contributed by atoms with Crippen molar-refractivity contribution in [3.05, 3.63) is 377 Å². The van der Waals surface area contributed by atoms with Crippen LogP contribution < -0.4 is 15.2 Å². The molecule has 0 aromatic heterocycles. The van der Waals surface area contributed by atoms with Crippen LogP contribution >= 0.6 is 0 Å². The number of hydrogen-bond acceptors (Lipinski definition) is 12. The maximum absolute atomic E-state index is 13.6. The third-order valence-electron chi connectivity index (χ3n) is 16.1. The molecule has 0 bridgehead atoms. The summed E-state index contributed by atoms with van der Waals surface area (Å²) in [6, 6.07) is 74.6. The molecule has 0 amide bonds. The molecule has 0 aliphatic carbocycles. The van der Waals surface area contributed by atoms with Crippen molar-refractivity contribution in [2.75, 3.05) is 26.2 Å². The van der Waals surface area contributed by atoms with Crippen molar-refractivity contribution in [3.8, 4) is 56.0 Å². The van der Waals surface area contributed by atoms with Crippen molar-refractivity contribution in [1.29, 1.82) is 0 Å². The summed E-state index contributed by atoms with van der Waals surface area (Å²) in [5.74, 6) is -3.21. The van der Waals surface area contributed by atoms with Crippen LogP contribution in [0.2, 0.25) is 0 Å². The third-order valence-corrected chi connectivity index (χ3v) is 18.1. The number of allylic oxidation sites excluding steroid dienone is 4. The minimum atomic E-state index is -4.48. The number of methoxy groups -OCH3 is 2. The van der Waals surface area contributed by atoms with E-state index in [-0.39, 0.29) is 62.5 Å². The quantitative estimate of drug-likeness (QED) is 0.0199. The Hall–Kier alpha value is -13.3. The monoisotopic (exact) mass is 1490 g/mol. The Labute approximate surface area is 621 Å². The molecular formula is C88H67F4NO13S2. The van der Waals surface area contributed by atoms with Crippen molar-refractivity contribution in [2.45, 2.75) is 9.79 Å². The first-order valence-corrected chi connectivity index (χ1v) is 36.1. The zero-order chi connectivity index (χ0) is 77.5. The molecule has 0 unspecified atom stereocenters. The Bertz CT molecular complexity index is 5700. The number of nitrogen functional groups attached to an aromatic ring is 1. The lowest BCUT2D eigenvalue weighted by Crippen LogP contribution is -2.02. The maximum atomic E-state index is 13.6. The van der Waals surface area contributed by atoms with Gasteiger partial charge >= 0.3 is 5.97 Å². The van der Waals surface area contributed by atoms with Gasteiger partial charge in [-0.25, -0.2) is 30.8 Å². The van der Waals surface area contributed by atoms with Crippen LogP contribution in [-0.4, -0.2) is 76.1 Å². The average molecular weight is 1490 g/mol. The van der Waals surface area contributed by atoms with Gasteiger partial charge in [-0.15, -0.1) is 0 Å². The molecule has 4 N–H and O–H groups in total. The average Bonchev–Trinajstić information content (AvgIpc) is 0.829. The molecule has 542 valence electrons. The summed E-state index contributed by atoms with van der Waals surface area (Å²) >= 11 is 0. The molecule has 108 heavy (non-hydrogen) atoms. The Kier molecular flexibility index (Phi) is 27.0. The van der Waals surface area contributed by atoms with E-state index in [4.69, 9.17) is 20.3 Å². The van der Waals surface area contributed by atoms with Crippen LogP contribution in [0.5, 0.6) is 11.5 Å². The van der Waals surface area contributed by atoms with Crippen molar-refractivity contribution in [2.24, 2.45) is 0 Å². The van der Waals surface area contributed by atoms with Crippen LogP contribution in [0.25, 0.3) is 68.8 Å². The van der Waals surface area contributed by atoms with E-state index in [1.54, 1.807) is 194 Å². The smallest absolute Gasteiger partial charge is 0.335 e. The molecule has 0 fully saturated rings. The third kappa shape index (κ3) is 21.9. The van der Waals surface area contributed by atoms with E-state index in [0.717, 1.165) is 17.4 Å². The highest BCUT2D eigenvalue weighted by Gasteiger charge is 2.20. The number of aromatic carboxylic acids is 1. The van der Waals surface area contributed by atoms with E-state index in [2.05, 4.69) is 0 Å². The standard InChI is InChI=1S/C23H19FO4S.C22H17FO5S.C22H15FO3.C21H16FNO/c1-28-22-14-8-16(15-23(22)29(2,26)27)7-13-21(25)20-6-4-3-5-19(20)17-9-11-18(24)12-10-17;1-28-21-12-10-15(13-22(21)29(25,26)27)9-11-20(24)19-8-3-2-7-18(19)16-5-4-6-17(23)14-16;23-18-8-4-6-16(14-18)19-9-1-2-10-20(19)21(24)12-11-15-5-3-7-17(13-15)22(25)26;22-17-7-4-6-16(14-17)19-9-1-2-10-20(19)21(24)12-11-15-5-3-8-18(23)13-15/h3-15H,1-2H3;2-14H,1H3,(H,25,26,27);1-14H,(H,25,26);1-14H,23H2/b13-7+;11-9+;2*12-11+. The van der Waals surface area contributed by atoms with Gasteiger partial charge in [0.15, 0.2) is 33.0 Å². The molecule has 0 saturated carbocycles. The first-order chi connectivity index (χ1) is 51.8. The Morgan fingerprint density at radius 1 is 0.352 bits per heavy atom. The Morgan fingerprint density at radius 3 is 1.04 bits per heavy atom. The number of carboxylic acid groups (broad SMARTS) is 1. The lowest BCUT2D eigenvalue weighted by Gasteiger charge is -2.08. The highest BCUT2D eigenvalue weighted by Crippen LogP contribution is 2.32. The highest BCUT2D eigenvalue weighted by molar-refractivity contribution is 7.90. The first kappa shape index (κ1) is 78.9. The minimum absolute atomic E-state index is 0.00701. The van der Waals surface area contributed by atoms with Gasteiger partial charge in [0.25, 0.3) is 10.1 Å². The van der Waals surface area contributed by atoms with Gasteiger partial charge in [-0.2, -0.15) is 8.42 Å². The summed E-state index contributed by atoms with van der Waals surface area (Å²) < 4.78 is 120. The second kappa shape index (κ2) is 36.9. The molecule has 0 saturated heterocycles. The fourth-order valence-corrected chi connectivity index (χ4v) is 12.5. The number of halogens is 4. The fourth-order valence-electron chi connectivity index (χ4n) is 11.0. The molecule has 14 nitrogen and oxygen atoms in total. The molecule has 0 heterocycles. The number of nitrogens with two attached hydrogens (primary N) is 1. The van der Waals surface area contributed by atoms with E-state index >= 15 is 0 Å². The maximum Gasteiger partial charge on any atom is 0.335 e. The van der Waals surface area contributed by atoms with Gasteiger partial charge in [0.05, 0.1) is 19.8 Å². The van der Waals surface area contributed by atoms with E-state index in [1.807, 2.05) is 24.3 Å². The van der Waals surface area contributed by atoms with E-state index < -0.39 is 36.6 Å². The normalized spacial score (nSPS) is 11.2. The predicted octanol–water partition coefficient (Wildman–Crippen LogP) is 19.5. The van der Waals surface area contributed by atoms with E-state index in [1.165, 1.54) is 123 Å². The van der Waals surface area contributed by atoms with E-state index in [9.17, 15) is 62.9 Å². The summed E-state index contributed by atoms with van der Waals surface area (Å²) in [6.45, 7) is 0. The number of rotatable bonds is 21. The number of ketones is 4. The second-order valence-electron chi connectivity index (χ2n) is 23.7. The van der Waals surface area contributed by atoms with Gasteiger partial charge in [0.2, 0.25) is 0 Å². The van der Waals surface area contributed by atoms with Gasteiger partial charge in [-0.3, -0.25) is 23.7 Å². The van der Waals surface area contributed by atoms with Crippen LogP contribution in [0.4, 0.5) is 23.2 Å². The number of benzene rings is 12. The molecule has 0 spiro atoms. The van der Waals surface area contributed by atoms with E-state index in [0.29, 0.717) is 83.6 Å². The van der Waals surface area contributed by atoms with Gasteiger partial charge in [0, 0.05) is 34.2 Å². The molecule has 12 aromatic rings. The zero-order valence-electron chi connectivity index (χ0n) is 58.0. The van der Waals surface area contributed by atoms with Crippen LogP contribution in [0.15, 0.2) is 313 Å². The molecule has 0 aliphatic heterocycles. The number of anilines is 1. The summed E-state index contributed by atoms with van der Waals surface area (Å²) in [4.78, 5) is 61.4. The lowest BCUT2D eigenvalue weighted by atomic mass is 9.96. The molecule has 0 atom stereocenters. The van der Waals surface area contributed by atoms with Gasteiger partial charge in [-0.1, -0.05) is 206 Å². The van der Waals surface area contributed by atoms with Gasteiger partial charge < -0.3 is 20.3 Å². The topological polar surface area (TPSA) is 239 Å². The number of carbonyl (C=O) groups is 5. The summed E-state index contributed by atoms with van der Waals surface area (Å²) in [7, 11) is -5.28. The van der Waals surface area contributed by atoms with Crippen LogP contribution in [0, 0.1) is 23.3 Å². The van der Waals surface area contributed by atoms with Gasteiger partial charge in [0.1, 0.15) is 44.6 Å². The van der Waals surface area contributed by atoms with Crippen molar-refractivity contribution < 1.29 is 77.5 Å².